The molecule has 0 aromatic heterocycles. The maximum absolute atomic E-state index is 11.0. The molecular weight excluding hydrogens is 286 g/mol. The van der Waals surface area contributed by atoms with Crippen LogP contribution in [0.3, 0.4) is 0 Å². The minimum absolute atomic E-state index is 0.197. The number of nitriles is 1. The highest BCUT2D eigenvalue weighted by Gasteiger charge is 2.36. The van der Waals surface area contributed by atoms with Gasteiger partial charge in [-0.2, -0.15) is 5.26 Å². The highest BCUT2D eigenvalue weighted by Crippen LogP contribution is 2.37. The Labute approximate surface area is 127 Å². The van der Waals surface area contributed by atoms with Crippen molar-refractivity contribution in [3.8, 4) is 11.8 Å². The maximum Gasteiger partial charge on any atom is 0.407 e. The molecule has 2 aliphatic rings. The molecule has 0 saturated carbocycles. The van der Waals surface area contributed by atoms with Crippen LogP contribution in [0, 0.1) is 11.3 Å². The monoisotopic (exact) mass is 303 g/mol. The van der Waals surface area contributed by atoms with Gasteiger partial charge in [0.1, 0.15) is 18.5 Å². The van der Waals surface area contributed by atoms with Crippen LogP contribution >= 0.6 is 0 Å². The second kappa shape index (κ2) is 5.83. The summed E-state index contributed by atoms with van der Waals surface area (Å²) in [4.78, 5) is 14.4. The number of hydrogen-bond acceptors (Lipinski definition) is 5. The van der Waals surface area contributed by atoms with E-state index in [4.69, 9.17) is 15.1 Å². The third-order valence-electron chi connectivity index (χ3n) is 4.21. The second-order valence-electron chi connectivity index (χ2n) is 5.49. The molecule has 0 radical (unpaired) electrons. The van der Waals surface area contributed by atoms with Gasteiger partial charge in [0.05, 0.1) is 17.7 Å². The van der Waals surface area contributed by atoms with Gasteiger partial charge in [0.2, 0.25) is 0 Å². The Hall–Kier alpha value is -2.30. The van der Waals surface area contributed by atoms with E-state index in [1.165, 1.54) is 4.90 Å². The summed E-state index contributed by atoms with van der Waals surface area (Å²) in [6.07, 6.45) is -1.61. The SMILES string of the molecule is N#Cc1ccc2c(c1)[C@@H](N1CCN(C(=O)O)CC1)[C@H](O)CO2. The van der Waals surface area contributed by atoms with Crippen LogP contribution in [0.25, 0.3) is 0 Å². The summed E-state index contributed by atoms with van der Waals surface area (Å²) in [7, 11) is 0. The number of nitrogens with zero attached hydrogens (tertiary/aromatic N) is 3. The number of benzene rings is 1. The lowest BCUT2D eigenvalue weighted by atomic mass is 9.94. The molecule has 0 unspecified atom stereocenters. The van der Waals surface area contributed by atoms with Crippen LogP contribution in [0.5, 0.6) is 5.75 Å². The lowest BCUT2D eigenvalue weighted by molar-refractivity contribution is -0.0159. The second-order valence-corrected chi connectivity index (χ2v) is 5.49. The van der Waals surface area contributed by atoms with Crippen LogP contribution in [0.15, 0.2) is 18.2 Å². The number of hydrogen-bond donors (Lipinski definition) is 2. The number of aliphatic hydroxyl groups excluding tert-OH is 1. The molecule has 7 heteroatoms. The minimum atomic E-state index is -0.917. The number of carboxylic acid groups (broad SMARTS) is 1. The highest BCUT2D eigenvalue weighted by molar-refractivity contribution is 5.65. The molecule has 1 aromatic carbocycles. The first-order chi connectivity index (χ1) is 10.6. The van der Waals surface area contributed by atoms with Gasteiger partial charge < -0.3 is 19.8 Å². The molecule has 1 aromatic rings. The van der Waals surface area contributed by atoms with E-state index in [9.17, 15) is 9.90 Å². The number of ether oxygens (including phenoxy) is 1. The first-order valence-corrected chi connectivity index (χ1v) is 7.17. The average molecular weight is 303 g/mol. The molecule has 2 atom stereocenters. The van der Waals surface area contributed by atoms with E-state index in [0.29, 0.717) is 37.5 Å². The number of carbonyl (C=O) groups is 1. The third kappa shape index (κ3) is 2.58. The molecule has 0 spiro atoms. The van der Waals surface area contributed by atoms with Crippen molar-refractivity contribution in [1.29, 1.82) is 5.26 Å². The molecule has 2 heterocycles. The Kier molecular flexibility index (Phi) is 3.88. The van der Waals surface area contributed by atoms with Crippen LogP contribution in [-0.4, -0.2) is 65.0 Å². The third-order valence-corrected chi connectivity index (χ3v) is 4.21. The molecule has 22 heavy (non-hydrogen) atoms. The molecule has 1 saturated heterocycles. The van der Waals surface area contributed by atoms with Gasteiger partial charge in [-0.1, -0.05) is 0 Å². The van der Waals surface area contributed by atoms with Gasteiger partial charge in [0.25, 0.3) is 0 Å². The van der Waals surface area contributed by atoms with Gasteiger partial charge in [0, 0.05) is 31.7 Å². The number of amides is 1. The number of rotatable bonds is 1. The fourth-order valence-electron chi connectivity index (χ4n) is 3.09. The van der Waals surface area contributed by atoms with Gasteiger partial charge in [-0.05, 0) is 18.2 Å². The maximum atomic E-state index is 11.0. The van der Waals surface area contributed by atoms with Crippen molar-refractivity contribution in [3.63, 3.8) is 0 Å². The molecule has 2 aliphatic heterocycles. The summed E-state index contributed by atoms with van der Waals surface area (Å²) in [5.41, 5.74) is 1.31. The Balaban J connectivity index is 1.85. The lowest BCUT2D eigenvalue weighted by Crippen LogP contribution is -2.52. The molecule has 7 nitrogen and oxygen atoms in total. The van der Waals surface area contributed by atoms with Gasteiger partial charge in [-0.25, -0.2) is 4.79 Å². The van der Waals surface area contributed by atoms with Crippen molar-refractivity contribution >= 4 is 6.09 Å². The van der Waals surface area contributed by atoms with E-state index in [1.807, 2.05) is 0 Å². The molecule has 1 fully saturated rings. The lowest BCUT2D eigenvalue weighted by Gasteiger charge is -2.42. The van der Waals surface area contributed by atoms with Crippen LogP contribution in [0.2, 0.25) is 0 Å². The van der Waals surface area contributed by atoms with E-state index < -0.39 is 12.2 Å². The van der Waals surface area contributed by atoms with Crippen LogP contribution in [0.1, 0.15) is 17.2 Å². The first-order valence-electron chi connectivity index (χ1n) is 7.17. The summed E-state index contributed by atoms with van der Waals surface area (Å²) < 4.78 is 5.53. The van der Waals surface area contributed by atoms with Crippen molar-refractivity contribution in [2.75, 3.05) is 32.8 Å². The quantitative estimate of drug-likeness (QED) is 0.790. The van der Waals surface area contributed by atoms with Gasteiger partial charge in [-0.15, -0.1) is 0 Å². The van der Waals surface area contributed by atoms with Gasteiger partial charge >= 0.3 is 6.09 Å². The van der Waals surface area contributed by atoms with Crippen molar-refractivity contribution < 1.29 is 19.7 Å². The first kappa shape index (κ1) is 14.6. The Bertz CT molecular complexity index is 620. The van der Waals surface area contributed by atoms with E-state index >= 15 is 0 Å². The topological polar surface area (TPSA) is 97.0 Å². The van der Waals surface area contributed by atoms with Crippen LogP contribution in [0.4, 0.5) is 4.79 Å². The number of piperazine rings is 1. The van der Waals surface area contributed by atoms with E-state index in [-0.39, 0.29) is 12.6 Å². The van der Waals surface area contributed by atoms with Crippen molar-refractivity contribution in [3.05, 3.63) is 29.3 Å². The van der Waals surface area contributed by atoms with E-state index in [0.717, 1.165) is 5.56 Å². The van der Waals surface area contributed by atoms with Crippen molar-refractivity contribution in [2.24, 2.45) is 0 Å². The molecular formula is C15H17N3O4. The number of fused-ring (bicyclic) bond motifs is 1. The zero-order valence-corrected chi connectivity index (χ0v) is 12.0. The summed E-state index contributed by atoms with van der Waals surface area (Å²) >= 11 is 0. The summed E-state index contributed by atoms with van der Waals surface area (Å²) in [5.74, 6) is 0.676. The summed E-state index contributed by atoms with van der Waals surface area (Å²) in [6.45, 7) is 2.11. The Morgan fingerprint density at radius 2 is 2.05 bits per heavy atom. The van der Waals surface area contributed by atoms with E-state index in [2.05, 4.69) is 11.0 Å². The smallest absolute Gasteiger partial charge is 0.407 e. The Morgan fingerprint density at radius 3 is 2.68 bits per heavy atom. The van der Waals surface area contributed by atoms with Gasteiger partial charge in [0.15, 0.2) is 0 Å². The normalized spacial score (nSPS) is 25.0. The molecule has 3 rings (SSSR count). The fourth-order valence-corrected chi connectivity index (χ4v) is 3.09. The predicted molar refractivity (Wildman–Crippen MR) is 76.6 cm³/mol. The molecule has 1 amide bonds. The largest absolute Gasteiger partial charge is 0.490 e. The summed E-state index contributed by atoms with van der Waals surface area (Å²) in [5, 5.41) is 28.4. The highest BCUT2D eigenvalue weighted by atomic mass is 16.5. The van der Waals surface area contributed by atoms with Crippen LogP contribution in [-0.2, 0) is 0 Å². The molecule has 2 N–H and O–H groups in total. The minimum Gasteiger partial charge on any atom is -0.490 e. The van der Waals surface area contributed by atoms with Crippen LogP contribution < -0.4 is 4.74 Å². The fraction of sp³-hybridized carbons (Fsp3) is 0.467. The zero-order valence-electron chi connectivity index (χ0n) is 12.0. The van der Waals surface area contributed by atoms with E-state index in [1.54, 1.807) is 18.2 Å². The standard InChI is InChI=1S/C15H17N3O4/c16-8-10-1-2-13-11(7-10)14(12(19)9-22-13)17-3-5-18(6-4-17)15(20)21/h1-2,7,12,14,19H,3-6,9H2,(H,20,21)/t12-,14-/m1/s1. The summed E-state index contributed by atoms with van der Waals surface area (Å²) in [6, 6.07) is 7.01. The number of aliphatic hydroxyl groups is 1. The van der Waals surface area contributed by atoms with Gasteiger partial charge in [-0.3, -0.25) is 4.90 Å². The average Bonchev–Trinajstić information content (AvgIpc) is 2.54. The Morgan fingerprint density at radius 1 is 1.32 bits per heavy atom. The van der Waals surface area contributed by atoms with Crippen molar-refractivity contribution in [1.82, 2.24) is 9.80 Å². The molecule has 0 aliphatic carbocycles. The predicted octanol–water partition coefficient (Wildman–Crippen LogP) is 0.648. The molecule has 0 bridgehead atoms. The molecule has 116 valence electrons. The zero-order chi connectivity index (χ0) is 15.7. The van der Waals surface area contributed by atoms with Crippen molar-refractivity contribution in [2.45, 2.75) is 12.1 Å².